The highest BCUT2D eigenvalue weighted by molar-refractivity contribution is 5.87. The van der Waals surface area contributed by atoms with E-state index in [9.17, 15) is 4.79 Å². The third-order valence-electron chi connectivity index (χ3n) is 2.09. The van der Waals surface area contributed by atoms with Gasteiger partial charge in [-0.3, -0.25) is 5.10 Å². The number of aromatic amines is 1. The zero-order valence-electron chi connectivity index (χ0n) is 6.37. The van der Waals surface area contributed by atoms with E-state index in [1.807, 2.05) is 0 Å². The van der Waals surface area contributed by atoms with E-state index in [1.165, 1.54) is 0 Å². The molecule has 0 aliphatic heterocycles. The monoisotopic (exact) mass is 167 g/mol. The van der Waals surface area contributed by atoms with E-state index >= 15 is 0 Å². The van der Waals surface area contributed by atoms with Crippen LogP contribution >= 0.6 is 0 Å². The molecule has 5 nitrogen and oxygen atoms in total. The Bertz CT molecular complexity index is 331. The molecule has 1 aromatic heterocycles. The third-order valence-corrected chi connectivity index (χ3v) is 2.09. The molecule has 12 heavy (non-hydrogen) atoms. The summed E-state index contributed by atoms with van der Waals surface area (Å²) in [4.78, 5) is 10.6. The van der Waals surface area contributed by atoms with Crippen molar-refractivity contribution in [1.29, 1.82) is 0 Å². The Morgan fingerprint density at radius 2 is 2.42 bits per heavy atom. The number of nitrogens with one attached hydrogen (secondary N) is 1. The smallest absolute Gasteiger partial charge is 0.356 e. The minimum atomic E-state index is -0.985. The summed E-state index contributed by atoms with van der Waals surface area (Å²) in [6, 6.07) is 0.0485. The summed E-state index contributed by atoms with van der Waals surface area (Å²) in [5.41, 5.74) is 7.43. The van der Waals surface area contributed by atoms with E-state index < -0.39 is 5.97 Å². The van der Waals surface area contributed by atoms with Gasteiger partial charge in [-0.25, -0.2) is 4.79 Å². The Labute approximate surface area is 68.6 Å². The first-order valence-electron chi connectivity index (χ1n) is 3.73. The molecule has 5 heteroatoms. The first-order chi connectivity index (χ1) is 5.68. The van der Waals surface area contributed by atoms with Crippen LogP contribution in [0.4, 0.5) is 0 Å². The van der Waals surface area contributed by atoms with Gasteiger partial charge in [-0.05, 0) is 6.42 Å². The van der Waals surface area contributed by atoms with E-state index in [2.05, 4.69) is 10.2 Å². The van der Waals surface area contributed by atoms with Gasteiger partial charge in [0.1, 0.15) is 0 Å². The summed E-state index contributed by atoms with van der Waals surface area (Å²) >= 11 is 0. The molecule has 0 fully saturated rings. The molecule has 0 amide bonds. The molecule has 1 aliphatic carbocycles. The normalized spacial score (nSPS) is 20.9. The van der Waals surface area contributed by atoms with Gasteiger partial charge in [-0.2, -0.15) is 5.10 Å². The zero-order valence-corrected chi connectivity index (χ0v) is 6.37. The van der Waals surface area contributed by atoms with E-state index in [0.717, 1.165) is 11.3 Å². The van der Waals surface area contributed by atoms with E-state index in [1.54, 1.807) is 0 Å². The second-order valence-electron chi connectivity index (χ2n) is 3.00. The molecular formula is C7H9N3O2. The van der Waals surface area contributed by atoms with Crippen molar-refractivity contribution in [3.05, 3.63) is 17.0 Å². The second kappa shape index (κ2) is 2.31. The molecule has 0 bridgehead atoms. The van der Waals surface area contributed by atoms with Gasteiger partial charge in [0, 0.05) is 23.7 Å². The zero-order chi connectivity index (χ0) is 8.72. The van der Waals surface area contributed by atoms with Crippen molar-refractivity contribution < 1.29 is 9.90 Å². The molecule has 1 aliphatic rings. The Morgan fingerprint density at radius 3 is 3.08 bits per heavy atom. The van der Waals surface area contributed by atoms with Crippen LogP contribution < -0.4 is 5.73 Å². The molecular weight excluding hydrogens is 158 g/mol. The molecule has 1 unspecified atom stereocenters. The summed E-state index contributed by atoms with van der Waals surface area (Å²) in [7, 11) is 0. The van der Waals surface area contributed by atoms with Crippen molar-refractivity contribution in [1.82, 2.24) is 10.2 Å². The Kier molecular flexibility index (Phi) is 1.41. The van der Waals surface area contributed by atoms with E-state index in [-0.39, 0.29) is 11.7 Å². The highest BCUT2D eigenvalue weighted by Crippen LogP contribution is 2.21. The van der Waals surface area contributed by atoms with Crippen molar-refractivity contribution >= 4 is 5.97 Å². The fourth-order valence-corrected chi connectivity index (χ4v) is 1.56. The average Bonchev–Trinajstić information content (AvgIpc) is 2.43. The van der Waals surface area contributed by atoms with Gasteiger partial charge in [0.25, 0.3) is 0 Å². The number of carboxylic acid groups (broad SMARTS) is 1. The molecule has 2 rings (SSSR count). The lowest BCUT2D eigenvalue weighted by Crippen LogP contribution is -2.20. The number of aromatic nitrogens is 2. The van der Waals surface area contributed by atoms with Crippen LogP contribution in [0.15, 0.2) is 0 Å². The van der Waals surface area contributed by atoms with Crippen molar-refractivity contribution in [3.8, 4) is 0 Å². The lowest BCUT2D eigenvalue weighted by atomic mass is 10.2. The maximum atomic E-state index is 10.6. The summed E-state index contributed by atoms with van der Waals surface area (Å²) in [6.45, 7) is 0. The number of nitrogens with zero attached hydrogens (tertiary/aromatic N) is 1. The first kappa shape index (κ1) is 7.30. The van der Waals surface area contributed by atoms with Crippen LogP contribution in [0, 0.1) is 0 Å². The Balaban J connectivity index is 2.43. The van der Waals surface area contributed by atoms with Gasteiger partial charge in [-0.15, -0.1) is 0 Å². The van der Waals surface area contributed by atoms with Crippen molar-refractivity contribution in [3.63, 3.8) is 0 Å². The number of rotatable bonds is 1. The first-order valence-corrected chi connectivity index (χ1v) is 3.73. The number of hydrogen-bond acceptors (Lipinski definition) is 3. The maximum absolute atomic E-state index is 10.6. The lowest BCUT2D eigenvalue weighted by Gasteiger charge is -1.97. The topological polar surface area (TPSA) is 92.0 Å². The number of aromatic carboxylic acids is 1. The van der Waals surface area contributed by atoms with Crippen LogP contribution in [0.1, 0.15) is 21.7 Å². The molecule has 1 heterocycles. The minimum absolute atomic E-state index is 0.0485. The number of hydrogen-bond donors (Lipinski definition) is 3. The SMILES string of the molecule is NC1Cc2[nH]nc(C(=O)O)c2C1. The van der Waals surface area contributed by atoms with Gasteiger partial charge in [0.15, 0.2) is 5.69 Å². The van der Waals surface area contributed by atoms with E-state index in [0.29, 0.717) is 12.8 Å². The quantitative estimate of drug-likeness (QED) is 0.527. The number of fused-ring (bicyclic) bond motifs is 1. The molecule has 1 atom stereocenters. The fourth-order valence-electron chi connectivity index (χ4n) is 1.56. The number of nitrogens with two attached hydrogens (primary N) is 1. The predicted octanol–water partition coefficient (Wildman–Crippen LogP) is -0.466. The lowest BCUT2D eigenvalue weighted by molar-refractivity contribution is 0.0689. The van der Waals surface area contributed by atoms with E-state index in [4.69, 9.17) is 10.8 Å². The van der Waals surface area contributed by atoms with Crippen molar-refractivity contribution in [2.75, 3.05) is 0 Å². The van der Waals surface area contributed by atoms with Crippen molar-refractivity contribution in [2.24, 2.45) is 5.73 Å². The van der Waals surface area contributed by atoms with Crippen LogP contribution in [-0.4, -0.2) is 27.3 Å². The Morgan fingerprint density at radius 1 is 1.67 bits per heavy atom. The van der Waals surface area contributed by atoms with Gasteiger partial charge in [-0.1, -0.05) is 0 Å². The minimum Gasteiger partial charge on any atom is -0.476 e. The molecule has 1 aromatic rings. The number of carboxylic acids is 1. The largest absolute Gasteiger partial charge is 0.476 e. The van der Waals surface area contributed by atoms with Crippen LogP contribution in [0.5, 0.6) is 0 Å². The summed E-state index contributed by atoms with van der Waals surface area (Å²) in [5, 5.41) is 15.1. The van der Waals surface area contributed by atoms with Gasteiger partial charge in [0.2, 0.25) is 0 Å². The molecule has 0 saturated heterocycles. The second-order valence-corrected chi connectivity index (χ2v) is 3.00. The predicted molar refractivity (Wildman–Crippen MR) is 40.9 cm³/mol. The van der Waals surface area contributed by atoms with Crippen LogP contribution in [-0.2, 0) is 12.8 Å². The molecule has 4 N–H and O–H groups in total. The van der Waals surface area contributed by atoms with Crippen molar-refractivity contribution in [2.45, 2.75) is 18.9 Å². The molecule has 0 radical (unpaired) electrons. The summed E-state index contributed by atoms with van der Waals surface area (Å²) < 4.78 is 0. The maximum Gasteiger partial charge on any atom is 0.356 e. The standard InChI is InChI=1S/C7H9N3O2/c8-3-1-4-5(2-3)9-10-6(4)7(11)12/h3H,1-2,8H2,(H,9,10)(H,11,12). The van der Waals surface area contributed by atoms with Gasteiger partial charge < -0.3 is 10.8 Å². The summed E-state index contributed by atoms with van der Waals surface area (Å²) in [6.07, 6.45) is 1.32. The van der Waals surface area contributed by atoms with Crippen LogP contribution in [0.25, 0.3) is 0 Å². The molecule has 0 aromatic carbocycles. The van der Waals surface area contributed by atoms with Crippen LogP contribution in [0.3, 0.4) is 0 Å². The molecule has 0 spiro atoms. The number of H-pyrrole nitrogens is 1. The average molecular weight is 167 g/mol. The highest BCUT2D eigenvalue weighted by Gasteiger charge is 2.26. The number of carbonyl (C=O) groups is 1. The fraction of sp³-hybridized carbons (Fsp3) is 0.429. The van der Waals surface area contributed by atoms with Gasteiger partial charge in [0.05, 0.1) is 0 Å². The van der Waals surface area contributed by atoms with Gasteiger partial charge >= 0.3 is 5.97 Å². The molecule has 64 valence electrons. The highest BCUT2D eigenvalue weighted by atomic mass is 16.4. The summed E-state index contributed by atoms with van der Waals surface area (Å²) in [5.74, 6) is -0.985. The molecule has 0 saturated carbocycles. The van der Waals surface area contributed by atoms with Crippen LogP contribution in [0.2, 0.25) is 0 Å². The third kappa shape index (κ3) is 0.902. The Hall–Kier alpha value is -1.36.